The van der Waals surface area contributed by atoms with Crippen molar-refractivity contribution >= 4 is 15.9 Å². The highest BCUT2D eigenvalue weighted by Gasteiger charge is 2.11. The SMILES string of the molecule is CCC(NCC(O)COCCOc1ccc(Br)cc1)c1ccc(C)cc1. The zero-order valence-electron chi connectivity index (χ0n) is 15.5. The lowest BCUT2D eigenvalue weighted by molar-refractivity contribution is 0.0239. The van der Waals surface area contributed by atoms with E-state index >= 15 is 0 Å². The zero-order valence-corrected chi connectivity index (χ0v) is 17.0. The summed E-state index contributed by atoms with van der Waals surface area (Å²) >= 11 is 3.39. The van der Waals surface area contributed by atoms with Crippen LogP contribution in [0.1, 0.15) is 30.5 Å². The monoisotopic (exact) mass is 421 g/mol. The molecule has 0 radical (unpaired) electrons. The van der Waals surface area contributed by atoms with Gasteiger partial charge in [-0.25, -0.2) is 0 Å². The highest BCUT2D eigenvalue weighted by molar-refractivity contribution is 9.10. The van der Waals surface area contributed by atoms with E-state index in [0.29, 0.717) is 26.4 Å². The van der Waals surface area contributed by atoms with Gasteiger partial charge in [0.15, 0.2) is 0 Å². The molecule has 0 heterocycles. The Morgan fingerprint density at radius 2 is 1.73 bits per heavy atom. The van der Waals surface area contributed by atoms with Gasteiger partial charge in [0.05, 0.1) is 19.3 Å². The molecule has 0 aliphatic heterocycles. The third kappa shape index (κ3) is 7.46. The minimum absolute atomic E-state index is 0.242. The molecule has 2 N–H and O–H groups in total. The van der Waals surface area contributed by atoms with E-state index in [2.05, 4.69) is 59.4 Å². The van der Waals surface area contributed by atoms with Gasteiger partial charge in [0, 0.05) is 17.1 Å². The van der Waals surface area contributed by atoms with Crippen LogP contribution < -0.4 is 10.1 Å². The maximum atomic E-state index is 10.1. The summed E-state index contributed by atoms with van der Waals surface area (Å²) in [4.78, 5) is 0. The molecule has 26 heavy (non-hydrogen) atoms. The molecular weight excluding hydrogens is 394 g/mol. The summed E-state index contributed by atoms with van der Waals surface area (Å²) in [6.07, 6.45) is 0.430. The number of nitrogens with one attached hydrogen (secondary N) is 1. The summed E-state index contributed by atoms with van der Waals surface area (Å²) in [7, 11) is 0. The van der Waals surface area contributed by atoms with Crippen LogP contribution in [0.3, 0.4) is 0 Å². The lowest BCUT2D eigenvalue weighted by Gasteiger charge is -2.20. The zero-order chi connectivity index (χ0) is 18.8. The molecule has 2 rings (SSSR count). The van der Waals surface area contributed by atoms with Gasteiger partial charge in [0.1, 0.15) is 12.4 Å². The van der Waals surface area contributed by atoms with Crippen molar-refractivity contribution in [3.8, 4) is 5.75 Å². The molecule has 0 amide bonds. The lowest BCUT2D eigenvalue weighted by Crippen LogP contribution is -2.33. The summed E-state index contributed by atoms with van der Waals surface area (Å²) in [5.74, 6) is 0.808. The lowest BCUT2D eigenvalue weighted by atomic mass is 10.0. The Bertz CT molecular complexity index is 631. The van der Waals surface area contributed by atoms with Crippen molar-refractivity contribution in [1.29, 1.82) is 0 Å². The smallest absolute Gasteiger partial charge is 0.119 e. The molecule has 0 aliphatic rings. The Hall–Kier alpha value is -1.40. The first-order valence-corrected chi connectivity index (χ1v) is 9.82. The molecule has 142 valence electrons. The maximum absolute atomic E-state index is 10.1. The number of rotatable bonds is 11. The van der Waals surface area contributed by atoms with E-state index in [4.69, 9.17) is 9.47 Å². The fourth-order valence-electron chi connectivity index (χ4n) is 2.60. The Balaban J connectivity index is 1.61. The van der Waals surface area contributed by atoms with Gasteiger partial charge in [-0.2, -0.15) is 0 Å². The first kappa shape index (κ1) is 20.9. The standard InChI is InChI=1S/C21H28BrNO3/c1-3-21(17-6-4-16(2)5-7-17)23-14-19(24)15-25-12-13-26-20-10-8-18(22)9-11-20/h4-11,19,21,23-24H,3,12-15H2,1-2H3. The van der Waals surface area contributed by atoms with E-state index in [-0.39, 0.29) is 6.04 Å². The van der Waals surface area contributed by atoms with Crippen molar-refractivity contribution in [2.75, 3.05) is 26.4 Å². The van der Waals surface area contributed by atoms with E-state index in [0.717, 1.165) is 16.6 Å². The van der Waals surface area contributed by atoms with Gasteiger partial charge in [-0.15, -0.1) is 0 Å². The van der Waals surface area contributed by atoms with Crippen LogP contribution in [0.25, 0.3) is 0 Å². The molecule has 0 aliphatic carbocycles. The van der Waals surface area contributed by atoms with Gasteiger partial charge < -0.3 is 19.9 Å². The fourth-order valence-corrected chi connectivity index (χ4v) is 2.87. The quantitative estimate of drug-likeness (QED) is 0.532. The van der Waals surface area contributed by atoms with Gasteiger partial charge in [-0.1, -0.05) is 52.7 Å². The topological polar surface area (TPSA) is 50.7 Å². The predicted octanol–water partition coefficient (Wildman–Crippen LogP) is 4.25. The van der Waals surface area contributed by atoms with Crippen molar-refractivity contribution in [2.24, 2.45) is 0 Å². The molecule has 0 aromatic heterocycles. The Morgan fingerprint density at radius 3 is 2.38 bits per heavy atom. The number of aliphatic hydroxyl groups is 1. The Kier molecular flexibility index (Phi) is 9.12. The summed E-state index contributed by atoms with van der Waals surface area (Å²) in [6, 6.07) is 16.4. The molecular formula is C21H28BrNO3. The normalized spacial score (nSPS) is 13.4. The predicted molar refractivity (Wildman–Crippen MR) is 109 cm³/mol. The second-order valence-corrected chi connectivity index (χ2v) is 7.23. The average Bonchev–Trinajstić information content (AvgIpc) is 2.65. The van der Waals surface area contributed by atoms with E-state index in [9.17, 15) is 5.11 Å². The molecule has 0 saturated carbocycles. The first-order chi connectivity index (χ1) is 12.6. The van der Waals surface area contributed by atoms with Crippen molar-refractivity contribution in [3.63, 3.8) is 0 Å². The van der Waals surface area contributed by atoms with Crippen LogP contribution in [-0.4, -0.2) is 37.6 Å². The minimum Gasteiger partial charge on any atom is -0.491 e. The molecule has 4 nitrogen and oxygen atoms in total. The molecule has 0 fully saturated rings. The van der Waals surface area contributed by atoms with Crippen LogP contribution in [0, 0.1) is 6.92 Å². The van der Waals surface area contributed by atoms with Gasteiger partial charge in [0.2, 0.25) is 0 Å². The van der Waals surface area contributed by atoms with Crippen molar-refractivity contribution in [1.82, 2.24) is 5.32 Å². The number of halogens is 1. The third-order valence-electron chi connectivity index (χ3n) is 4.11. The number of hydrogen-bond donors (Lipinski definition) is 2. The molecule has 0 bridgehead atoms. The summed E-state index contributed by atoms with van der Waals surface area (Å²) in [5, 5.41) is 13.5. The molecule has 2 atom stereocenters. The van der Waals surface area contributed by atoms with Gasteiger partial charge >= 0.3 is 0 Å². The van der Waals surface area contributed by atoms with Crippen LogP contribution in [0.5, 0.6) is 5.75 Å². The van der Waals surface area contributed by atoms with E-state index < -0.39 is 6.10 Å². The molecule has 2 aromatic carbocycles. The highest BCUT2D eigenvalue weighted by Crippen LogP contribution is 2.17. The van der Waals surface area contributed by atoms with Gasteiger partial charge in [-0.05, 0) is 43.2 Å². The minimum atomic E-state index is -0.540. The maximum Gasteiger partial charge on any atom is 0.119 e. The van der Waals surface area contributed by atoms with Gasteiger partial charge in [0.25, 0.3) is 0 Å². The molecule has 2 unspecified atom stereocenters. The van der Waals surface area contributed by atoms with E-state index in [1.807, 2.05) is 24.3 Å². The number of hydrogen-bond acceptors (Lipinski definition) is 4. The molecule has 0 spiro atoms. The number of aliphatic hydroxyl groups excluding tert-OH is 1. The van der Waals surface area contributed by atoms with Crippen molar-refractivity contribution in [2.45, 2.75) is 32.4 Å². The van der Waals surface area contributed by atoms with E-state index in [1.54, 1.807) is 0 Å². The summed E-state index contributed by atoms with van der Waals surface area (Å²) in [6.45, 7) is 5.92. The van der Waals surface area contributed by atoms with E-state index in [1.165, 1.54) is 11.1 Å². The van der Waals surface area contributed by atoms with Crippen LogP contribution in [-0.2, 0) is 4.74 Å². The second kappa shape index (κ2) is 11.3. The van der Waals surface area contributed by atoms with Gasteiger partial charge in [-0.3, -0.25) is 0 Å². The third-order valence-corrected chi connectivity index (χ3v) is 4.64. The van der Waals surface area contributed by atoms with Crippen LogP contribution in [0.15, 0.2) is 53.0 Å². The number of aryl methyl sites for hydroxylation is 1. The largest absolute Gasteiger partial charge is 0.491 e. The summed E-state index contributed by atoms with van der Waals surface area (Å²) in [5.41, 5.74) is 2.50. The average molecular weight is 422 g/mol. The number of ether oxygens (including phenoxy) is 2. The van der Waals surface area contributed by atoms with Crippen molar-refractivity contribution < 1.29 is 14.6 Å². The van der Waals surface area contributed by atoms with Crippen LogP contribution >= 0.6 is 15.9 Å². The first-order valence-electron chi connectivity index (χ1n) is 9.02. The molecule has 0 saturated heterocycles. The van der Waals surface area contributed by atoms with Crippen LogP contribution in [0.2, 0.25) is 0 Å². The van der Waals surface area contributed by atoms with Crippen molar-refractivity contribution in [3.05, 3.63) is 64.1 Å². The fraction of sp³-hybridized carbons (Fsp3) is 0.429. The second-order valence-electron chi connectivity index (χ2n) is 6.31. The van der Waals surface area contributed by atoms with Crippen LogP contribution in [0.4, 0.5) is 0 Å². The number of benzene rings is 2. The Labute approximate surface area is 164 Å². The Morgan fingerprint density at radius 1 is 1.04 bits per heavy atom. The molecule has 2 aromatic rings. The highest BCUT2D eigenvalue weighted by atomic mass is 79.9. The summed E-state index contributed by atoms with van der Waals surface area (Å²) < 4.78 is 12.1. The molecule has 5 heteroatoms.